The van der Waals surface area contributed by atoms with Gasteiger partial charge in [0.25, 0.3) is 0 Å². The molecule has 1 N–H and O–H groups in total. The largest absolute Gasteiger partial charge is 0.481 e. The molecule has 1 heterocycles. The van der Waals surface area contributed by atoms with Gasteiger partial charge in [-0.1, -0.05) is 31.2 Å². The van der Waals surface area contributed by atoms with Gasteiger partial charge < -0.3 is 10.0 Å². The fourth-order valence-corrected chi connectivity index (χ4v) is 2.50. The minimum atomic E-state index is -0.842. The molecule has 102 valence electrons. The molecule has 1 atom stereocenters. The van der Waals surface area contributed by atoms with Crippen LogP contribution in [-0.2, 0) is 22.6 Å². The number of nitrogens with zero attached hydrogens (tertiary/aromatic N) is 1. The number of likely N-dealkylation sites (tertiary alicyclic amines) is 1. The van der Waals surface area contributed by atoms with Crippen molar-refractivity contribution in [2.45, 2.75) is 45.2 Å². The molecule has 0 radical (unpaired) electrons. The van der Waals surface area contributed by atoms with E-state index in [4.69, 9.17) is 5.11 Å². The molecule has 1 fully saturated rings. The zero-order chi connectivity index (χ0) is 13.8. The van der Waals surface area contributed by atoms with E-state index in [0.29, 0.717) is 19.4 Å². The number of aliphatic carboxylic acids is 1. The third kappa shape index (κ3) is 3.34. The first kappa shape index (κ1) is 13.6. The molecule has 1 aromatic rings. The molecule has 4 nitrogen and oxygen atoms in total. The van der Waals surface area contributed by atoms with Gasteiger partial charge in [0.15, 0.2) is 0 Å². The Morgan fingerprint density at radius 3 is 2.53 bits per heavy atom. The lowest BCUT2D eigenvalue weighted by Crippen LogP contribution is -2.33. The molecule has 19 heavy (non-hydrogen) atoms. The van der Waals surface area contributed by atoms with Gasteiger partial charge >= 0.3 is 5.97 Å². The number of carbonyl (C=O) groups is 2. The Hall–Kier alpha value is -1.84. The highest BCUT2D eigenvalue weighted by Crippen LogP contribution is 2.24. The van der Waals surface area contributed by atoms with Crippen molar-refractivity contribution in [3.8, 4) is 0 Å². The number of carboxylic acid groups (broad SMARTS) is 1. The van der Waals surface area contributed by atoms with E-state index in [1.165, 1.54) is 5.56 Å². The fraction of sp³-hybridized carbons (Fsp3) is 0.467. The second-order valence-corrected chi connectivity index (χ2v) is 4.98. The summed E-state index contributed by atoms with van der Waals surface area (Å²) in [6, 6.07) is 7.99. The van der Waals surface area contributed by atoms with Crippen molar-refractivity contribution >= 4 is 11.9 Å². The lowest BCUT2D eigenvalue weighted by atomic mass is 10.1. The Morgan fingerprint density at radius 2 is 1.95 bits per heavy atom. The van der Waals surface area contributed by atoms with Crippen LogP contribution in [0, 0.1) is 0 Å². The van der Waals surface area contributed by atoms with Gasteiger partial charge in [-0.25, -0.2) is 0 Å². The highest BCUT2D eigenvalue weighted by Gasteiger charge is 2.32. The van der Waals surface area contributed by atoms with Crippen LogP contribution in [0.2, 0.25) is 0 Å². The normalized spacial score (nSPS) is 18.9. The zero-order valence-electron chi connectivity index (χ0n) is 11.1. The predicted octanol–water partition coefficient (Wildman–Crippen LogP) is 2.21. The Bertz CT molecular complexity index is 467. The first-order valence-electron chi connectivity index (χ1n) is 6.69. The summed E-state index contributed by atoms with van der Waals surface area (Å²) in [5, 5.41) is 8.87. The molecule has 0 saturated carbocycles. The van der Waals surface area contributed by atoms with Crippen LogP contribution in [0.3, 0.4) is 0 Å². The summed E-state index contributed by atoms with van der Waals surface area (Å²) in [6.07, 6.45) is 2.15. The third-order valence-electron chi connectivity index (χ3n) is 3.65. The summed E-state index contributed by atoms with van der Waals surface area (Å²) < 4.78 is 0. The van der Waals surface area contributed by atoms with Gasteiger partial charge in [-0.05, 0) is 24.0 Å². The Labute approximate surface area is 113 Å². The van der Waals surface area contributed by atoms with E-state index in [-0.39, 0.29) is 18.4 Å². The van der Waals surface area contributed by atoms with E-state index in [2.05, 4.69) is 19.1 Å². The molecule has 1 aromatic carbocycles. The van der Waals surface area contributed by atoms with Crippen LogP contribution < -0.4 is 0 Å². The molecular weight excluding hydrogens is 242 g/mol. The molecule has 4 heteroatoms. The first-order chi connectivity index (χ1) is 9.10. The molecule has 0 aliphatic carbocycles. The van der Waals surface area contributed by atoms with Crippen molar-refractivity contribution in [2.24, 2.45) is 0 Å². The highest BCUT2D eigenvalue weighted by molar-refractivity contribution is 5.80. The molecule has 0 spiro atoms. The van der Waals surface area contributed by atoms with E-state index in [9.17, 15) is 9.59 Å². The molecule has 0 aromatic heterocycles. The molecule has 1 aliphatic heterocycles. The fourth-order valence-electron chi connectivity index (χ4n) is 2.50. The molecule has 1 saturated heterocycles. The number of hydrogen-bond acceptors (Lipinski definition) is 2. The van der Waals surface area contributed by atoms with Crippen LogP contribution in [0.4, 0.5) is 0 Å². The quantitative estimate of drug-likeness (QED) is 0.884. The van der Waals surface area contributed by atoms with Crippen LogP contribution >= 0.6 is 0 Å². The van der Waals surface area contributed by atoms with Crippen LogP contribution in [0.1, 0.15) is 37.3 Å². The molecule has 0 bridgehead atoms. The summed E-state index contributed by atoms with van der Waals surface area (Å²) in [7, 11) is 0. The lowest BCUT2D eigenvalue weighted by Gasteiger charge is -2.23. The van der Waals surface area contributed by atoms with Gasteiger partial charge in [0.05, 0.1) is 6.42 Å². The Morgan fingerprint density at radius 1 is 1.32 bits per heavy atom. The number of carbonyl (C=O) groups excluding carboxylic acids is 1. The lowest BCUT2D eigenvalue weighted by molar-refractivity contribution is -0.139. The summed E-state index contributed by atoms with van der Waals surface area (Å²) in [5.74, 6) is -0.781. The maximum atomic E-state index is 11.8. The van der Waals surface area contributed by atoms with Crippen molar-refractivity contribution in [3.05, 3.63) is 35.4 Å². The zero-order valence-corrected chi connectivity index (χ0v) is 11.1. The average molecular weight is 261 g/mol. The van der Waals surface area contributed by atoms with Gasteiger partial charge in [0.2, 0.25) is 5.91 Å². The smallest absolute Gasteiger partial charge is 0.305 e. The monoisotopic (exact) mass is 261 g/mol. The second kappa shape index (κ2) is 5.87. The predicted molar refractivity (Wildman–Crippen MR) is 71.6 cm³/mol. The van der Waals surface area contributed by atoms with Crippen molar-refractivity contribution in [1.29, 1.82) is 0 Å². The average Bonchev–Trinajstić information content (AvgIpc) is 2.72. The van der Waals surface area contributed by atoms with Crippen LogP contribution in [0.15, 0.2) is 24.3 Å². The minimum Gasteiger partial charge on any atom is -0.481 e. The molecule has 2 rings (SSSR count). The van der Waals surface area contributed by atoms with Crippen molar-refractivity contribution in [1.82, 2.24) is 4.90 Å². The maximum Gasteiger partial charge on any atom is 0.305 e. The van der Waals surface area contributed by atoms with E-state index < -0.39 is 5.97 Å². The van der Waals surface area contributed by atoms with Crippen molar-refractivity contribution in [2.75, 3.05) is 0 Å². The topological polar surface area (TPSA) is 57.6 Å². The Balaban J connectivity index is 2.06. The van der Waals surface area contributed by atoms with Crippen molar-refractivity contribution in [3.63, 3.8) is 0 Å². The minimum absolute atomic E-state index is 0.0405. The van der Waals surface area contributed by atoms with E-state index in [0.717, 1.165) is 12.0 Å². The third-order valence-corrected chi connectivity index (χ3v) is 3.65. The van der Waals surface area contributed by atoms with Gasteiger partial charge in [-0.15, -0.1) is 0 Å². The van der Waals surface area contributed by atoms with Crippen LogP contribution in [-0.4, -0.2) is 27.9 Å². The number of hydrogen-bond donors (Lipinski definition) is 1. The van der Waals surface area contributed by atoms with Crippen molar-refractivity contribution < 1.29 is 14.7 Å². The standard InChI is InChI=1S/C15H19NO3/c1-2-11-3-5-12(6-4-11)10-16-13(9-15(18)19)7-8-14(16)17/h3-6,13H,2,7-10H2,1H3,(H,18,19). The summed E-state index contributed by atoms with van der Waals surface area (Å²) >= 11 is 0. The molecule has 1 unspecified atom stereocenters. The number of benzene rings is 1. The molecular formula is C15H19NO3. The van der Waals surface area contributed by atoms with E-state index in [1.54, 1.807) is 4.90 Å². The number of amides is 1. The summed E-state index contributed by atoms with van der Waals surface area (Å²) in [4.78, 5) is 24.3. The summed E-state index contributed by atoms with van der Waals surface area (Å²) in [6.45, 7) is 2.61. The number of carboxylic acids is 1. The van der Waals surface area contributed by atoms with Crippen LogP contribution in [0.25, 0.3) is 0 Å². The maximum absolute atomic E-state index is 11.8. The van der Waals surface area contributed by atoms with E-state index in [1.807, 2.05) is 12.1 Å². The first-order valence-corrected chi connectivity index (χ1v) is 6.69. The number of aryl methyl sites for hydroxylation is 1. The van der Waals surface area contributed by atoms with Gasteiger partial charge in [-0.2, -0.15) is 0 Å². The summed E-state index contributed by atoms with van der Waals surface area (Å²) in [5.41, 5.74) is 2.32. The number of rotatable bonds is 5. The van der Waals surface area contributed by atoms with Gasteiger partial charge in [0, 0.05) is 19.0 Å². The highest BCUT2D eigenvalue weighted by atomic mass is 16.4. The van der Waals surface area contributed by atoms with E-state index >= 15 is 0 Å². The van der Waals surface area contributed by atoms with Gasteiger partial charge in [0.1, 0.15) is 0 Å². The second-order valence-electron chi connectivity index (χ2n) is 4.98. The Kier molecular flexibility index (Phi) is 4.20. The SMILES string of the molecule is CCc1ccc(CN2C(=O)CCC2CC(=O)O)cc1. The van der Waals surface area contributed by atoms with Crippen LogP contribution in [0.5, 0.6) is 0 Å². The van der Waals surface area contributed by atoms with Gasteiger partial charge in [-0.3, -0.25) is 9.59 Å². The molecule has 1 amide bonds. The molecule has 1 aliphatic rings.